The smallest absolute Gasteiger partial charge is 0.332 e. The molecule has 0 aromatic carbocycles. The van der Waals surface area contributed by atoms with E-state index in [1.807, 2.05) is 0 Å². The number of alkyl halides is 1. The highest BCUT2D eigenvalue weighted by molar-refractivity contribution is 6.23. The number of hydrogen-bond donors (Lipinski definition) is 1. The van der Waals surface area contributed by atoms with Gasteiger partial charge in [0.1, 0.15) is 6.04 Å². The highest BCUT2D eigenvalue weighted by Crippen LogP contribution is 2.37. The summed E-state index contributed by atoms with van der Waals surface area (Å²) >= 11 is 6.18. The van der Waals surface area contributed by atoms with Crippen LogP contribution in [0.1, 0.15) is 13.3 Å². The van der Waals surface area contributed by atoms with Gasteiger partial charge in [-0.05, 0) is 25.5 Å². The Morgan fingerprint density at radius 3 is 2.81 bits per heavy atom. The zero-order chi connectivity index (χ0) is 15.4. The van der Waals surface area contributed by atoms with E-state index in [1.54, 1.807) is 19.1 Å². The van der Waals surface area contributed by atoms with Crippen molar-refractivity contribution in [3.63, 3.8) is 0 Å². The number of allylic oxidation sites excluding steroid dienone is 3. The number of carbonyl (C=O) groups is 2. The molecule has 21 heavy (non-hydrogen) atoms. The summed E-state index contributed by atoms with van der Waals surface area (Å²) in [4.78, 5) is 27.1. The lowest BCUT2D eigenvalue weighted by Crippen LogP contribution is -2.37. The first-order valence-electron chi connectivity index (χ1n) is 6.68. The molecule has 2 aliphatic heterocycles. The van der Waals surface area contributed by atoms with Crippen molar-refractivity contribution in [1.82, 2.24) is 9.80 Å². The van der Waals surface area contributed by atoms with Gasteiger partial charge in [-0.1, -0.05) is 6.08 Å². The van der Waals surface area contributed by atoms with E-state index in [0.29, 0.717) is 18.7 Å². The van der Waals surface area contributed by atoms with Gasteiger partial charge in [-0.15, -0.1) is 11.6 Å². The lowest BCUT2D eigenvalue weighted by molar-refractivity contribution is -0.128. The van der Waals surface area contributed by atoms with Crippen molar-refractivity contribution in [2.45, 2.75) is 30.9 Å². The zero-order valence-electron chi connectivity index (χ0n) is 11.4. The molecule has 3 amide bonds. The summed E-state index contributed by atoms with van der Waals surface area (Å²) in [6.45, 7) is 2.05. The normalized spacial score (nSPS) is 38.6. The number of imide groups is 1. The van der Waals surface area contributed by atoms with Crippen molar-refractivity contribution in [3.05, 3.63) is 23.9 Å². The van der Waals surface area contributed by atoms with Crippen molar-refractivity contribution < 1.29 is 14.7 Å². The van der Waals surface area contributed by atoms with Gasteiger partial charge in [-0.3, -0.25) is 4.79 Å². The summed E-state index contributed by atoms with van der Waals surface area (Å²) < 4.78 is 0. The third-order valence-electron chi connectivity index (χ3n) is 4.27. The van der Waals surface area contributed by atoms with E-state index in [9.17, 15) is 14.7 Å². The number of hydrogen-bond acceptors (Lipinski definition) is 4. The maximum absolute atomic E-state index is 12.4. The van der Waals surface area contributed by atoms with Crippen LogP contribution < -0.4 is 0 Å². The van der Waals surface area contributed by atoms with Crippen LogP contribution in [0.2, 0.25) is 0 Å². The lowest BCUT2D eigenvalue weighted by Gasteiger charge is -2.28. The maximum atomic E-state index is 12.4. The van der Waals surface area contributed by atoms with Gasteiger partial charge in [0.25, 0.3) is 5.91 Å². The minimum atomic E-state index is -0.869. The van der Waals surface area contributed by atoms with Gasteiger partial charge < -0.3 is 10.0 Å². The monoisotopic (exact) mass is 307 g/mol. The second kappa shape index (κ2) is 4.58. The molecule has 3 aliphatic rings. The van der Waals surface area contributed by atoms with Crippen LogP contribution in [-0.4, -0.2) is 50.9 Å². The molecule has 4 atom stereocenters. The third kappa shape index (κ3) is 1.88. The number of urea groups is 1. The number of nitriles is 1. The molecule has 1 N–H and O–H groups in total. The summed E-state index contributed by atoms with van der Waals surface area (Å²) in [6, 6.07) is 0.865. The first kappa shape index (κ1) is 14.1. The van der Waals surface area contributed by atoms with Gasteiger partial charge in [0.2, 0.25) is 0 Å². The first-order chi connectivity index (χ1) is 9.89. The predicted octanol–water partition coefficient (Wildman–Crippen LogP) is 0.975. The first-order valence-corrected chi connectivity index (χ1v) is 7.12. The van der Waals surface area contributed by atoms with Crippen LogP contribution in [-0.2, 0) is 4.79 Å². The number of nitrogens with zero attached hydrogens (tertiary/aromatic N) is 3. The SMILES string of the molecule is CC1(C#N)C=CC(N2C(=O)[C@@H]3[C@H](O)CCN3C2=O)=CC1Cl. The van der Waals surface area contributed by atoms with E-state index in [1.165, 1.54) is 11.0 Å². The minimum Gasteiger partial charge on any atom is -0.390 e. The molecule has 7 heteroatoms. The standard InChI is InChI=1S/C14H14ClN3O3/c1-14(7-16)4-2-8(6-10(14)15)18-12(20)11-9(19)3-5-17(11)13(18)21/h2,4,6,9-11,19H,3,5H2,1H3/t9-,10?,11+,14?/m1/s1. The summed E-state index contributed by atoms with van der Waals surface area (Å²) in [5.74, 6) is -0.440. The second-order valence-electron chi connectivity index (χ2n) is 5.67. The molecule has 110 valence electrons. The molecule has 2 saturated heterocycles. The van der Waals surface area contributed by atoms with Gasteiger partial charge in [0.15, 0.2) is 0 Å². The van der Waals surface area contributed by atoms with Crippen LogP contribution in [0.15, 0.2) is 23.9 Å². The molecule has 0 radical (unpaired) electrons. The van der Waals surface area contributed by atoms with Gasteiger partial charge in [0.05, 0.1) is 28.7 Å². The molecule has 2 unspecified atom stereocenters. The number of fused-ring (bicyclic) bond motifs is 1. The fourth-order valence-corrected chi connectivity index (χ4v) is 3.11. The van der Waals surface area contributed by atoms with Crippen LogP contribution in [0.25, 0.3) is 0 Å². The van der Waals surface area contributed by atoms with Crippen molar-refractivity contribution in [3.8, 4) is 6.07 Å². The molecule has 2 heterocycles. The van der Waals surface area contributed by atoms with Crippen molar-refractivity contribution in [2.24, 2.45) is 5.41 Å². The Hall–Kier alpha value is -1.84. The van der Waals surface area contributed by atoms with E-state index in [0.717, 1.165) is 4.90 Å². The van der Waals surface area contributed by atoms with Gasteiger partial charge in [-0.2, -0.15) is 5.26 Å². The Morgan fingerprint density at radius 1 is 1.52 bits per heavy atom. The average molecular weight is 308 g/mol. The highest BCUT2D eigenvalue weighted by Gasteiger charge is 2.53. The Balaban J connectivity index is 1.92. The minimum absolute atomic E-state index is 0.360. The Morgan fingerprint density at radius 2 is 2.24 bits per heavy atom. The van der Waals surface area contributed by atoms with Gasteiger partial charge in [-0.25, -0.2) is 9.69 Å². The summed E-state index contributed by atoms with van der Waals surface area (Å²) in [6.07, 6.45) is 4.29. The van der Waals surface area contributed by atoms with Crippen LogP contribution >= 0.6 is 11.6 Å². The molecule has 2 fully saturated rings. The fraction of sp³-hybridized carbons (Fsp3) is 0.500. The lowest BCUT2D eigenvalue weighted by atomic mass is 9.84. The maximum Gasteiger partial charge on any atom is 0.332 e. The predicted molar refractivity (Wildman–Crippen MR) is 73.9 cm³/mol. The summed E-state index contributed by atoms with van der Waals surface area (Å²) in [5, 5.41) is 18.3. The topological polar surface area (TPSA) is 84.6 Å². The molecule has 1 aliphatic carbocycles. The number of amides is 3. The Bertz CT molecular complexity index is 623. The largest absolute Gasteiger partial charge is 0.390 e. The van der Waals surface area contributed by atoms with E-state index in [2.05, 4.69) is 6.07 Å². The average Bonchev–Trinajstić information content (AvgIpc) is 2.95. The Labute approximate surface area is 126 Å². The summed E-state index contributed by atoms with van der Waals surface area (Å²) in [5.41, 5.74) is -0.508. The van der Waals surface area contributed by atoms with Crippen LogP contribution in [0.3, 0.4) is 0 Å². The highest BCUT2D eigenvalue weighted by atomic mass is 35.5. The molecule has 0 aromatic rings. The second-order valence-corrected chi connectivity index (χ2v) is 6.14. The van der Waals surface area contributed by atoms with E-state index in [4.69, 9.17) is 16.9 Å². The van der Waals surface area contributed by atoms with E-state index in [-0.39, 0.29) is 0 Å². The number of carbonyl (C=O) groups excluding carboxylic acids is 2. The third-order valence-corrected chi connectivity index (χ3v) is 4.85. The zero-order valence-corrected chi connectivity index (χ0v) is 12.1. The number of rotatable bonds is 1. The Kier molecular flexibility index (Phi) is 3.08. The van der Waals surface area contributed by atoms with E-state index < -0.39 is 34.9 Å². The van der Waals surface area contributed by atoms with Crippen molar-refractivity contribution in [1.29, 1.82) is 5.26 Å². The molecular weight excluding hydrogens is 294 g/mol. The van der Waals surface area contributed by atoms with Crippen LogP contribution in [0.5, 0.6) is 0 Å². The van der Waals surface area contributed by atoms with Crippen LogP contribution in [0.4, 0.5) is 4.79 Å². The quantitative estimate of drug-likeness (QED) is 0.578. The van der Waals surface area contributed by atoms with Crippen molar-refractivity contribution in [2.75, 3.05) is 6.54 Å². The number of halogens is 1. The molecule has 0 aromatic heterocycles. The van der Waals surface area contributed by atoms with Gasteiger partial charge in [0, 0.05) is 6.54 Å². The van der Waals surface area contributed by atoms with E-state index >= 15 is 0 Å². The molecule has 0 bridgehead atoms. The summed E-state index contributed by atoms with van der Waals surface area (Å²) in [7, 11) is 0. The molecular formula is C14H14ClN3O3. The molecule has 0 saturated carbocycles. The molecule has 3 rings (SSSR count). The van der Waals surface area contributed by atoms with Crippen molar-refractivity contribution >= 4 is 23.5 Å². The molecule has 6 nitrogen and oxygen atoms in total. The number of aliphatic hydroxyl groups excluding tert-OH is 1. The molecule has 0 spiro atoms. The number of aliphatic hydroxyl groups is 1. The van der Waals surface area contributed by atoms with Crippen LogP contribution in [0, 0.1) is 16.7 Å². The van der Waals surface area contributed by atoms with Gasteiger partial charge >= 0.3 is 6.03 Å². The fourth-order valence-electron chi connectivity index (χ4n) is 2.86.